The minimum Gasteiger partial charge on any atom is -0.507 e. The van der Waals surface area contributed by atoms with Crippen LogP contribution in [0.25, 0.3) is 5.76 Å². The number of carbonyl (C=O) groups excluding carboxylic acids is 2. The molecule has 1 aliphatic rings. The smallest absolute Gasteiger partial charge is 0.335 e. The minimum atomic E-state index is -1.06. The van der Waals surface area contributed by atoms with E-state index >= 15 is 0 Å². The molecular formula is C28H25NO6. The number of aliphatic hydroxyl groups is 1. The van der Waals surface area contributed by atoms with Crippen LogP contribution in [0.2, 0.25) is 0 Å². The van der Waals surface area contributed by atoms with E-state index in [1.165, 1.54) is 24.1 Å². The molecule has 7 heteroatoms. The van der Waals surface area contributed by atoms with Crippen LogP contribution in [-0.4, -0.2) is 39.9 Å². The lowest BCUT2D eigenvalue weighted by atomic mass is 9.92. The monoisotopic (exact) mass is 471 g/mol. The highest BCUT2D eigenvalue weighted by molar-refractivity contribution is 6.46. The van der Waals surface area contributed by atoms with Gasteiger partial charge in [-0.15, -0.1) is 0 Å². The van der Waals surface area contributed by atoms with Crippen molar-refractivity contribution in [1.29, 1.82) is 0 Å². The Hall–Kier alpha value is -4.39. The highest BCUT2D eigenvalue weighted by atomic mass is 16.5. The molecule has 35 heavy (non-hydrogen) atoms. The first-order valence-corrected chi connectivity index (χ1v) is 11.0. The third-order valence-electron chi connectivity index (χ3n) is 6.18. The molecule has 1 saturated heterocycles. The van der Waals surface area contributed by atoms with Crippen molar-refractivity contribution in [3.8, 4) is 5.75 Å². The van der Waals surface area contributed by atoms with Gasteiger partial charge in [-0.3, -0.25) is 9.59 Å². The van der Waals surface area contributed by atoms with Crippen molar-refractivity contribution in [1.82, 2.24) is 4.90 Å². The van der Waals surface area contributed by atoms with Gasteiger partial charge in [-0.25, -0.2) is 4.79 Å². The Kier molecular flexibility index (Phi) is 6.42. The van der Waals surface area contributed by atoms with Crippen LogP contribution < -0.4 is 4.74 Å². The topological polar surface area (TPSA) is 104 Å². The molecule has 4 rings (SSSR count). The van der Waals surface area contributed by atoms with Crippen LogP contribution in [-0.2, 0) is 16.1 Å². The number of rotatable bonds is 6. The Bertz CT molecular complexity index is 1360. The number of aliphatic hydroxyl groups excluding tert-OH is 1. The van der Waals surface area contributed by atoms with Crippen LogP contribution in [0.3, 0.4) is 0 Å². The van der Waals surface area contributed by atoms with E-state index in [1.807, 2.05) is 26.0 Å². The number of likely N-dealkylation sites (tertiary alicyclic amines) is 1. The predicted molar refractivity (Wildman–Crippen MR) is 130 cm³/mol. The minimum absolute atomic E-state index is 0.0182. The van der Waals surface area contributed by atoms with Crippen LogP contribution in [0, 0.1) is 13.8 Å². The molecule has 0 radical (unpaired) electrons. The Morgan fingerprint density at radius 3 is 2.31 bits per heavy atom. The number of nitrogens with zero attached hydrogens (tertiary/aromatic N) is 1. The number of carbonyl (C=O) groups is 3. The summed E-state index contributed by atoms with van der Waals surface area (Å²) >= 11 is 0. The highest BCUT2D eigenvalue weighted by Gasteiger charge is 2.47. The SMILES string of the molecule is COc1ccccc1C1/C(=C(\O)c2cc(C)ccc2C)C(=O)C(=O)N1Cc1ccc(C(=O)O)cc1. The molecule has 0 saturated carbocycles. The zero-order chi connectivity index (χ0) is 25.3. The van der Waals surface area contributed by atoms with Gasteiger partial charge in [0, 0.05) is 17.7 Å². The molecule has 0 spiro atoms. The van der Waals surface area contributed by atoms with Crippen molar-refractivity contribution in [2.24, 2.45) is 0 Å². The lowest BCUT2D eigenvalue weighted by Crippen LogP contribution is -2.29. The average Bonchev–Trinajstić information content (AvgIpc) is 3.10. The molecule has 1 fully saturated rings. The summed E-state index contributed by atoms with van der Waals surface area (Å²) in [4.78, 5) is 39.2. The second-order valence-corrected chi connectivity index (χ2v) is 8.49. The van der Waals surface area contributed by atoms with Crippen molar-refractivity contribution < 1.29 is 29.3 Å². The number of ketones is 1. The number of benzene rings is 3. The van der Waals surface area contributed by atoms with Crippen molar-refractivity contribution >= 4 is 23.4 Å². The fourth-order valence-electron chi connectivity index (χ4n) is 4.34. The molecule has 1 heterocycles. The number of carboxylic acids is 1. The predicted octanol–water partition coefficient (Wildman–Crippen LogP) is 4.63. The largest absolute Gasteiger partial charge is 0.507 e. The molecular weight excluding hydrogens is 446 g/mol. The number of para-hydroxylation sites is 1. The summed E-state index contributed by atoms with van der Waals surface area (Å²) in [5.41, 5.74) is 3.45. The van der Waals surface area contributed by atoms with Crippen LogP contribution in [0.4, 0.5) is 0 Å². The number of aryl methyl sites for hydroxylation is 2. The number of ether oxygens (including phenoxy) is 1. The Labute approximate surface area is 202 Å². The number of carboxylic acid groups (broad SMARTS) is 1. The maximum Gasteiger partial charge on any atom is 0.335 e. The molecule has 1 unspecified atom stereocenters. The molecule has 1 atom stereocenters. The lowest BCUT2D eigenvalue weighted by Gasteiger charge is -2.27. The quantitative estimate of drug-likeness (QED) is 0.309. The van der Waals surface area contributed by atoms with Gasteiger partial charge in [0.1, 0.15) is 11.5 Å². The molecule has 3 aromatic carbocycles. The van der Waals surface area contributed by atoms with Crippen molar-refractivity contribution in [2.75, 3.05) is 7.11 Å². The van der Waals surface area contributed by atoms with Crippen molar-refractivity contribution in [2.45, 2.75) is 26.4 Å². The summed E-state index contributed by atoms with van der Waals surface area (Å²) in [5, 5.41) is 20.5. The Balaban J connectivity index is 1.89. The van der Waals surface area contributed by atoms with Gasteiger partial charge in [-0.2, -0.15) is 0 Å². The van der Waals surface area contributed by atoms with E-state index in [9.17, 15) is 24.6 Å². The first-order valence-electron chi connectivity index (χ1n) is 11.0. The van der Waals surface area contributed by atoms with E-state index in [4.69, 9.17) is 4.74 Å². The third kappa shape index (κ3) is 4.40. The molecule has 0 aliphatic carbocycles. The number of Topliss-reactive ketones (excluding diaryl/α,β-unsaturated/α-hetero) is 1. The van der Waals surface area contributed by atoms with E-state index < -0.39 is 23.7 Å². The van der Waals surface area contributed by atoms with Gasteiger partial charge >= 0.3 is 5.97 Å². The molecule has 2 N–H and O–H groups in total. The molecule has 1 amide bonds. The first-order chi connectivity index (χ1) is 16.7. The maximum atomic E-state index is 13.3. The van der Waals surface area contributed by atoms with E-state index in [1.54, 1.807) is 42.5 Å². The maximum absolute atomic E-state index is 13.3. The molecule has 7 nitrogen and oxygen atoms in total. The van der Waals surface area contributed by atoms with Gasteiger partial charge in [-0.1, -0.05) is 48.0 Å². The van der Waals surface area contributed by atoms with Gasteiger partial charge in [0.2, 0.25) is 0 Å². The van der Waals surface area contributed by atoms with Gasteiger partial charge in [0.15, 0.2) is 0 Å². The van der Waals surface area contributed by atoms with Crippen molar-refractivity contribution in [3.05, 3.63) is 106 Å². The number of hydrogen-bond acceptors (Lipinski definition) is 5. The second kappa shape index (κ2) is 9.46. The fourth-order valence-corrected chi connectivity index (χ4v) is 4.34. The Morgan fingerprint density at radius 1 is 0.971 bits per heavy atom. The van der Waals surface area contributed by atoms with Crippen molar-refractivity contribution in [3.63, 3.8) is 0 Å². The van der Waals surface area contributed by atoms with Gasteiger partial charge < -0.3 is 19.8 Å². The van der Waals surface area contributed by atoms with Gasteiger partial charge in [-0.05, 0) is 49.2 Å². The summed E-state index contributed by atoms with van der Waals surface area (Å²) < 4.78 is 5.53. The van der Waals surface area contributed by atoms with Crippen LogP contribution in [0.5, 0.6) is 5.75 Å². The summed E-state index contributed by atoms with van der Waals surface area (Å²) in [5.74, 6) is -2.38. The molecule has 0 aromatic heterocycles. The average molecular weight is 472 g/mol. The summed E-state index contributed by atoms with van der Waals surface area (Å²) in [6, 6.07) is 17.8. The van der Waals surface area contributed by atoms with E-state index in [2.05, 4.69) is 0 Å². The number of hydrogen-bond donors (Lipinski definition) is 2. The Morgan fingerprint density at radius 2 is 1.66 bits per heavy atom. The van der Waals surface area contributed by atoms with Crippen LogP contribution in [0.15, 0.2) is 72.3 Å². The molecule has 178 valence electrons. The molecule has 0 bridgehead atoms. The summed E-state index contributed by atoms with van der Waals surface area (Å²) in [7, 11) is 1.50. The van der Waals surface area contributed by atoms with Gasteiger partial charge in [0.05, 0.1) is 24.3 Å². The number of methoxy groups -OCH3 is 1. The zero-order valence-corrected chi connectivity index (χ0v) is 19.6. The second-order valence-electron chi connectivity index (χ2n) is 8.49. The van der Waals surface area contributed by atoms with Crippen LogP contribution in [0.1, 0.15) is 44.2 Å². The first kappa shape index (κ1) is 23.8. The van der Waals surface area contributed by atoms with Crippen LogP contribution >= 0.6 is 0 Å². The lowest BCUT2D eigenvalue weighted by molar-refractivity contribution is -0.140. The standard InChI is InChI=1S/C28H25NO6/c1-16-8-9-17(2)21(14-16)25(30)23-24(20-6-4-5-7-22(20)35-3)29(27(32)26(23)31)15-18-10-12-19(13-11-18)28(33)34/h4-14,24,30H,15H2,1-3H3,(H,33,34)/b25-23+. The number of aromatic carboxylic acids is 1. The van der Waals surface area contributed by atoms with E-state index in [0.29, 0.717) is 22.4 Å². The third-order valence-corrected chi connectivity index (χ3v) is 6.18. The zero-order valence-electron chi connectivity index (χ0n) is 19.6. The number of amides is 1. The van der Waals surface area contributed by atoms with E-state index in [0.717, 1.165) is 11.1 Å². The van der Waals surface area contributed by atoms with Gasteiger partial charge in [0.25, 0.3) is 11.7 Å². The molecule has 1 aliphatic heterocycles. The fraction of sp³-hybridized carbons (Fsp3) is 0.179. The summed E-state index contributed by atoms with van der Waals surface area (Å²) in [6.45, 7) is 3.75. The van der Waals surface area contributed by atoms with E-state index in [-0.39, 0.29) is 23.4 Å². The normalized spacial score (nSPS) is 17.0. The highest BCUT2D eigenvalue weighted by Crippen LogP contribution is 2.43. The molecule has 3 aromatic rings. The summed E-state index contributed by atoms with van der Waals surface area (Å²) in [6.07, 6.45) is 0.